The Morgan fingerprint density at radius 1 is 1.11 bits per heavy atom. The molecule has 0 amide bonds. The van der Waals surface area contributed by atoms with Gasteiger partial charge in [0.15, 0.2) is 0 Å². The van der Waals surface area contributed by atoms with E-state index >= 15 is 0 Å². The molecule has 0 spiro atoms. The number of hydrogen-bond donors (Lipinski definition) is 1. The van der Waals surface area contributed by atoms with E-state index in [2.05, 4.69) is 5.32 Å². The van der Waals surface area contributed by atoms with Crippen LogP contribution in [-0.4, -0.2) is 31.2 Å². The van der Waals surface area contributed by atoms with Crippen LogP contribution in [0.3, 0.4) is 0 Å². The van der Waals surface area contributed by atoms with Crippen LogP contribution in [0, 0.1) is 0 Å². The summed E-state index contributed by atoms with van der Waals surface area (Å²) in [4.78, 5) is 22.9. The topological polar surface area (TPSA) is 64.6 Å². The van der Waals surface area contributed by atoms with Crippen molar-refractivity contribution in [2.45, 2.75) is 26.8 Å². The minimum Gasteiger partial charge on any atom is -0.464 e. The molecule has 5 nitrogen and oxygen atoms in total. The standard InChI is InChI=1S/C14H19NO4/c1-4-18-13(16)10(3)15-12-8-6-11(7-9-12)14(17)19-5-2/h6-10,15H,4-5H2,1-3H3. The molecule has 5 heteroatoms. The van der Waals surface area contributed by atoms with Gasteiger partial charge in [0, 0.05) is 5.69 Å². The molecule has 0 radical (unpaired) electrons. The van der Waals surface area contributed by atoms with Crippen molar-refractivity contribution in [3.63, 3.8) is 0 Å². The van der Waals surface area contributed by atoms with E-state index in [4.69, 9.17) is 9.47 Å². The number of hydrogen-bond acceptors (Lipinski definition) is 5. The summed E-state index contributed by atoms with van der Waals surface area (Å²) in [6.45, 7) is 5.94. The lowest BCUT2D eigenvalue weighted by Crippen LogP contribution is -2.28. The number of rotatable bonds is 6. The zero-order valence-electron chi connectivity index (χ0n) is 11.4. The number of carbonyl (C=O) groups excluding carboxylic acids is 2. The summed E-state index contributed by atoms with van der Waals surface area (Å²) in [7, 11) is 0. The molecule has 0 aliphatic heterocycles. The van der Waals surface area contributed by atoms with Gasteiger partial charge in [0.25, 0.3) is 0 Å². The van der Waals surface area contributed by atoms with Crippen molar-refractivity contribution in [1.82, 2.24) is 0 Å². The Hall–Kier alpha value is -2.04. The molecule has 0 bridgehead atoms. The molecule has 1 N–H and O–H groups in total. The Kier molecular flexibility index (Phi) is 5.85. The molecule has 1 atom stereocenters. The molecule has 0 aromatic heterocycles. The first-order valence-corrected chi connectivity index (χ1v) is 6.28. The Bertz CT molecular complexity index is 428. The molecule has 1 unspecified atom stereocenters. The summed E-state index contributed by atoms with van der Waals surface area (Å²) in [5.74, 6) is -0.663. The molecule has 1 rings (SSSR count). The van der Waals surface area contributed by atoms with E-state index < -0.39 is 6.04 Å². The van der Waals surface area contributed by atoms with Crippen LogP contribution in [0.15, 0.2) is 24.3 Å². The first-order valence-electron chi connectivity index (χ1n) is 6.28. The quantitative estimate of drug-likeness (QED) is 0.799. The predicted molar refractivity (Wildman–Crippen MR) is 72.1 cm³/mol. The van der Waals surface area contributed by atoms with Crippen molar-refractivity contribution in [3.05, 3.63) is 29.8 Å². The molecule has 1 aromatic carbocycles. The third kappa shape index (κ3) is 4.62. The van der Waals surface area contributed by atoms with Gasteiger partial charge in [-0.15, -0.1) is 0 Å². The summed E-state index contributed by atoms with van der Waals surface area (Å²) >= 11 is 0. The molecule has 104 valence electrons. The van der Waals surface area contributed by atoms with E-state index in [1.54, 1.807) is 45.0 Å². The summed E-state index contributed by atoms with van der Waals surface area (Å²) in [6, 6.07) is 6.31. The summed E-state index contributed by atoms with van der Waals surface area (Å²) in [5.41, 5.74) is 1.23. The van der Waals surface area contributed by atoms with Crippen LogP contribution in [0.25, 0.3) is 0 Å². The molecule has 19 heavy (non-hydrogen) atoms. The highest BCUT2D eigenvalue weighted by Crippen LogP contribution is 2.12. The van der Waals surface area contributed by atoms with E-state index in [1.165, 1.54) is 0 Å². The number of anilines is 1. The Balaban J connectivity index is 2.61. The van der Waals surface area contributed by atoms with Crippen LogP contribution in [0.5, 0.6) is 0 Å². The lowest BCUT2D eigenvalue weighted by Gasteiger charge is -2.14. The van der Waals surface area contributed by atoms with Crippen LogP contribution in [0.2, 0.25) is 0 Å². The van der Waals surface area contributed by atoms with Gasteiger partial charge in [-0.25, -0.2) is 9.59 Å². The van der Waals surface area contributed by atoms with E-state index in [-0.39, 0.29) is 11.9 Å². The van der Waals surface area contributed by atoms with Gasteiger partial charge in [0.1, 0.15) is 6.04 Å². The molecule has 0 heterocycles. The highest BCUT2D eigenvalue weighted by Gasteiger charge is 2.13. The van der Waals surface area contributed by atoms with Gasteiger partial charge in [0.2, 0.25) is 0 Å². The molecule has 1 aromatic rings. The van der Waals surface area contributed by atoms with Gasteiger partial charge in [-0.3, -0.25) is 0 Å². The molecule has 0 aliphatic rings. The van der Waals surface area contributed by atoms with E-state index in [1.807, 2.05) is 0 Å². The Labute approximate surface area is 112 Å². The van der Waals surface area contributed by atoms with E-state index in [9.17, 15) is 9.59 Å². The summed E-state index contributed by atoms with van der Waals surface area (Å²) < 4.78 is 9.78. The maximum Gasteiger partial charge on any atom is 0.338 e. The second kappa shape index (κ2) is 7.41. The highest BCUT2D eigenvalue weighted by atomic mass is 16.5. The normalized spacial score (nSPS) is 11.5. The average molecular weight is 265 g/mol. The maximum atomic E-state index is 11.5. The fourth-order valence-corrected chi connectivity index (χ4v) is 1.49. The van der Waals surface area contributed by atoms with Crippen LogP contribution in [-0.2, 0) is 14.3 Å². The summed E-state index contributed by atoms with van der Waals surface area (Å²) in [5, 5.41) is 3.00. The van der Waals surface area contributed by atoms with Crippen molar-refractivity contribution in [2.24, 2.45) is 0 Å². The van der Waals surface area contributed by atoms with Crippen LogP contribution >= 0.6 is 0 Å². The number of benzene rings is 1. The molecule has 0 fully saturated rings. The molecular weight excluding hydrogens is 246 g/mol. The van der Waals surface area contributed by atoms with Crippen molar-refractivity contribution < 1.29 is 19.1 Å². The van der Waals surface area contributed by atoms with E-state index in [0.717, 1.165) is 5.69 Å². The van der Waals surface area contributed by atoms with Gasteiger partial charge in [-0.2, -0.15) is 0 Å². The third-order valence-corrected chi connectivity index (χ3v) is 2.42. The van der Waals surface area contributed by atoms with Gasteiger partial charge >= 0.3 is 11.9 Å². The second-order valence-electron chi connectivity index (χ2n) is 3.92. The number of ether oxygens (including phenoxy) is 2. The molecule has 0 aliphatic carbocycles. The Morgan fingerprint density at radius 2 is 1.68 bits per heavy atom. The SMILES string of the molecule is CCOC(=O)c1ccc(NC(C)C(=O)OCC)cc1. The number of carbonyl (C=O) groups is 2. The van der Waals surface area contributed by atoms with Crippen molar-refractivity contribution in [3.8, 4) is 0 Å². The van der Waals surface area contributed by atoms with Gasteiger partial charge in [0.05, 0.1) is 18.8 Å². The van der Waals surface area contributed by atoms with Crippen molar-refractivity contribution >= 4 is 17.6 Å². The van der Waals surface area contributed by atoms with Crippen LogP contribution in [0.4, 0.5) is 5.69 Å². The van der Waals surface area contributed by atoms with Crippen molar-refractivity contribution in [1.29, 1.82) is 0 Å². The van der Waals surface area contributed by atoms with E-state index in [0.29, 0.717) is 18.8 Å². The number of nitrogens with one attached hydrogen (secondary N) is 1. The van der Waals surface area contributed by atoms with Crippen molar-refractivity contribution in [2.75, 3.05) is 18.5 Å². The van der Waals surface area contributed by atoms with Crippen LogP contribution < -0.4 is 5.32 Å². The second-order valence-corrected chi connectivity index (χ2v) is 3.92. The smallest absolute Gasteiger partial charge is 0.338 e. The zero-order chi connectivity index (χ0) is 14.3. The molecular formula is C14H19NO4. The van der Waals surface area contributed by atoms with Gasteiger partial charge < -0.3 is 14.8 Å². The lowest BCUT2D eigenvalue weighted by molar-refractivity contribution is -0.143. The molecule has 0 saturated heterocycles. The largest absolute Gasteiger partial charge is 0.464 e. The summed E-state index contributed by atoms with van der Waals surface area (Å²) in [6.07, 6.45) is 0. The first-order chi connectivity index (χ1) is 9.08. The van der Waals surface area contributed by atoms with Gasteiger partial charge in [-0.1, -0.05) is 0 Å². The average Bonchev–Trinajstić information content (AvgIpc) is 2.40. The van der Waals surface area contributed by atoms with Crippen LogP contribution in [0.1, 0.15) is 31.1 Å². The Morgan fingerprint density at radius 3 is 2.21 bits per heavy atom. The zero-order valence-corrected chi connectivity index (χ0v) is 11.4. The number of esters is 2. The minimum absolute atomic E-state index is 0.308. The monoisotopic (exact) mass is 265 g/mol. The third-order valence-electron chi connectivity index (χ3n) is 2.42. The van der Waals surface area contributed by atoms with Gasteiger partial charge in [-0.05, 0) is 45.0 Å². The highest BCUT2D eigenvalue weighted by molar-refractivity contribution is 5.90. The minimum atomic E-state index is -0.437. The molecule has 0 saturated carbocycles. The lowest BCUT2D eigenvalue weighted by atomic mass is 10.2. The fourth-order valence-electron chi connectivity index (χ4n) is 1.49. The fraction of sp³-hybridized carbons (Fsp3) is 0.429. The maximum absolute atomic E-state index is 11.5. The first kappa shape index (κ1) is 15.0. The predicted octanol–water partition coefficient (Wildman–Crippen LogP) is 2.23.